The van der Waals surface area contributed by atoms with Gasteiger partial charge in [0.25, 0.3) is 0 Å². The number of fused-ring (bicyclic) bond motifs is 2. The summed E-state index contributed by atoms with van der Waals surface area (Å²) < 4.78 is 64.3. The molecule has 3 aliphatic rings. The number of hydrogen-bond acceptors (Lipinski definition) is 5. The second-order valence-corrected chi connectivity index (χ2v) is 13.2. The lowest BCUT2D eigenvalue weighted by molar-refractivity contribution is -0.274. The lowest BCUT2D eigenvalue weighted by Crippen LogP contribution is -2.55. The van der Waals surface area contributed by atoms with Crippen molar-refractivity contribution < 1.29 is 27.2 Å². The van der Waals surface area contributed by atoms with Crippen LogP contribution < -0.4 is 14.4 Å². The second kappa shape index (κ2) is 11.3. The lowest BCUT2D eigenvalue weighted by atomic mass is 9.86. The highest BCUT2D eigenvalue weighted by molar-refractivity contribution is 7.91. The minimum atomic E-state index is -4.82. The van der Waals surface area contributed by atoms with Gasteiger partial charge < -0.3 is 14.7 Å². The molecule has 1 aliphatic heterocycles. The molecule has 2 fully saturated rings. The third-order valence-corrected chi connectivity index (χ3v) is 10.3. The molecule has 0 radical (unpaired) electrons. The van der Waals surface area contributed by atoms with Gasteiger partial charge in [0.1, 0.15) is 15.7 Å². The molecule has 0 spiro atoms. The van der Waals surface area contributed by atoms with Crippen molar-refractivity contribution in [2.45, 2.75) is 74.4 Å². The normalized spacial score (nSPS) is 24.0. The van der Waals surface area contributed by atoms with E-state index in [4.69, 9.17) is 0 Å². The van der Waals surface area contributed by atoms with E-state index in [-0.39, 0.29) is 16.7 Å². The molecule has 0 saturated heterocycles. The van der Waals surface area contributed by atoms with Crippen LogP contribution in [0.2, 0.25) is 0 Å². The van der Waals surface area contributed by atoms with Crippen LogP contribution in [0.1, 0.15) is 43.2 Å². The van der Waals surface area contributed by atoms with E-state index in [0.717, 1.165) is 62.0 Å². The van der Waals surface area contributed by atoms with Crippen LogP contribution in [0.3, 0.4) is 0 Å². The van der Waals surface area contributed by atoms with Gasteiger partial charge in [-0.2, -0.15) is 0 Å². The predicted molar refractivity (Wildman–Crippen MR) is 153 cm³/mol. The van der Waals surface area contributed by atoms with Gasteiger partial charge in [-0.25, -0.2) is 13.3 Å². The van der Waals surface area contributed by atoms with Crippen LogP contribution in [0.15, 0.2) is 82.1 Å². The van der Waals surface area contributed by atoms with Gasteiger partial charge >= 0.3 is 6.36 Å². The molecular weight excluding hydrogens is 551 g/mol. The molecule has 3 aromatic rings. The Bertz CT molecular complexity index is 1450. The molecule has 218 valence electrons. The van der Waals surface area contributed by atoms with Gasteiger partial charge in [0.05, 0.1) is 23.6 Å². The molecule has 0 bridgehead atoms. The van der Waals surface area contributed by atoms with Crippen LogP contribution in [-0.2, 0) is 22.8 Å². The fourth-order valence-electron chi connectivity index (χ4n) is 5.96. The summed E-state index contributed by atoms with van der Waals surface area (Å²) in [6.45, 7) is 0.395. The van der Waals surface area contributed by atoms with Gasteiger partial charge in [-0.15, -0.1) is 13.2 Å². The largest absolute Gasteiger partial charge is 0.573 e. The molecular formula is C31H34F3N3O3S. The number of halogens is 3. The number of aryl methyl sites for hydroxylation is 2. The third-order valence-electron chi connectivity index (χ3n) is 8.22. The molecule has 3 aromatic carbocycles. The SMILES string of the molecule is O=S(=NCC1CC1)(N[C@H]1CCC[C@H](N2c3ccccc3CCc3ccccc32)[C@H]1O)c1ccc(OC(F)(F)F)cc1. The Balaban J connectivity index is 1.31. The number of ether oxygens (including phenoxy) is 1. The van der Waals surface area contributed by atoms with E-state index in [1.807, 2.05) is 24.3 Å². The van der Waals surface area contributed by atoms with Gasteiger partial charge in [-0.05, 0) is 98.4 Å². The summed E-state index contributed by atoms with van der Waals surface area (Å²) in [4.78, 5) is 2.52. The standard InChI is InChI=1S/C31H34F3N3O3S/c32-31(33,34)40-24-16-18-25(19-17-24)41(39,35-20-21-12-13-21)36-26-8-5-11-29(30(26)38)37-27-9-3-1-6-22(27)14-15-23-7-2-4-10-28(23)37/h1-4,6-7,9-10,16-19,21,26,29-30,38H,5,8,11-15,20H2,(H,35,36,39)/t26-,29-,30-,41?/m0/s1. The van der Waals surface area contributed by atoms with E-state index in [1.165, 1.54) is 23.3 Å². The Morgan fingerprint density at radius 3 is 2.10 bits per heavy atom. The van der Waals surface area contributed by atoms with Crippen LogP contribution in [0.25, 0.3) is 0 Å². The molecule has 2 aliphatic carbocycles. The first-order chi connectivity index (χ1) is 19.7. The van der Waals surface area contributed by atoms with Crippen molar-refractivity contribution in [3.8, 4) is 5.75 Å². The predicted octanol–water partition coefficient (Wildman–Crippen LogP) is 6.55. The lowest BCUT2D eigenvalue weighted by Gasteiger charge is -2.43. The molecule has 4 atom stereocenters. The Morgan fingerprint density at radius 2 is 1.51 bits per heavy atom. The monoisotopic (exact) mass is 585 g/mol. The van der Waals surface area contributed by atoms with E-state index in [9.17, 15) is 22.5 Å². The van der Waals surface area contributed by atoms with E-state index >= 15 is 0 Å². The van der Waals surface area contributed by atoms with Crippen LogP contribution in [0.5, 0.6) is 5.75 Å². The minimum Gasteiger partial charge on any atom is -0.406 e. The van der Waals surface area contributed by atoms with Crippen molar-refractivity contribution >= 4 is 21.3 Å². The number of rotatable bonds is 7. The molecule has 6 rings (SSSR count). The number of aliphatic hydroxyl groups is 1. The number of nitrogens with zero attached hydrogens (tertiary/aromatic N) is 2. The van der Waals surface area contributed by atoms with Crippen LogP contribution >= 0.6 is 0 Å². The zero-order valence-electron chi connectivity index (χ0n) is 22.6. The van der Waals surface area contributed by atoms with E-state index < -0.39 is 28.4 Å². The smallest absolute Gasteiger partial charge is 0.406 e. The summed E-state index contributed by atoms with van der Waals surface area (Å²) in [7, 11) is -3.24. The van der Waals surface area contributed by atoms with Crippen LogP contribution in [-0.4, -0.2) is 40.4 Å². The highest BCUT2D eigenvalue weighted by atomic mass is 32.2. The number of benzene rings is 3. The summed E-state index contributed by atoms with van der Waals surface area (Å²) >= 11 is 0. The van der Waals surface area contributed by atoms with Crippen molar-refractivity contribution in [2.75, 3.05) is 11.4 Å². The molecule has 1 unspecified atom stereocenters. The Hall–Kier alpha value is -3.08. The third kappa shape index (κ3) is 6.24. The minimum absolute atomic E-state index is 0.267. The van der Waals surface area contributed by atoms with Gasteiger partial charge in [-0.3, -0.25) is 0 Å². The molecule has 6 nitrogen and oxygen atoms in total. The summed E-state index contributed by atoms with van der Waals surface area (Å²) in [6, 6.07) is 20.8. The zero-order valence-corrected chi connectivity index (χ0v) is 23.4. The maximum absolute atomic E-state index is 14.4. The summed E-state index contributed by atoms with van der Waals surface area (Å²) in [5, 5.41) is 11.9. The van der Waals surface area contributed by atoms with Crippen LogP contribution in [0.4, 0.5) is 24.5 Å². The summed E-state index contributed by atoms with van der Waals surface area (Å²) in [6.07, 6.45) is 0.296. The Morgan fingerprint density at radius 1 is 0.902 bits per heavy atom. The molecule has 2 saturated carbocycles. The topological polar surface area (TPSA) is 74.2 Å². The Kier molecular flexibility index (Phi) is 7.74. The highest BCUT2D eigenvalue weighted by Crippen LogP contribution is 2.41. The van der Waals surface area contributed by atoms with Gasteiger partial charge in [0.2, 0.25) is 0 Å². The number of aliphatic hydroxyl groups excluding tert-OH is 1. The molecule has 10 heteroatoms. The van der Waals surface area contributed by atoms with Crippen molar-refractivity contribution in [1.82, 2.24) is 4.72 Å². The van der Waals surface area contributed by atoms with E-state index in [2.05, 4.69) is 43.0 Å². The molecule has 41 heavy (non-hydrogen) atoms. The average Bonchev–Trinajstić information content (AvgIpc) is 3.79. The van der Waals surface area contributed by atoms with Crippen molar-refractivity contribution in [3.63, 3.8) is 0 Å². The Labute approximate surface area is 238 Å². The number of hydrogen-bond donors (Lipinski definition) is 2. The van der Waals surface area contributed by atoms with Crippen LogP contribution in [0, 0.1) is 5.92 Å². The van der Waals surface area contributed by atoms with Gasteiger partial charge in [-0.1, -0.05) is 36.4 Å². The average molecular weight is 586 g/mol. The molecule has 0 amide bonds. The zero-order chi connectivity index (χ0) is 28.6. The summed E-state index contributed by atoms with van der Waals surface area (Å²) in [5.41, 5.74) is 4.58. The van der Waals surface area contributed by atoms with E-state index in [0.29, 0.717) is 18.9 Å². The first kappa shape index (κ1) is 28.1. The van der Waals surface area contributed by atoms with E-state index in [1.54, 1.807) is 0 Å². The number of para-hydroxylation sites is 2. The summed E-state index contributed by atoms with van der Waals surface area (Å²) in [5.74, 6) is -0.0268. The maximum Gasteiger partial charge on any atom is 0.573 e. The fraction of sp³-hybridized carbons (Fsp3) is 0.419. The second-order valence-electron chi connectivity index (χ2n) is 11.1. The number of nitrogens with one attached hydrogen (secondary N) is 1. The highest BCUT2D eigenvalue weighted by Gasteiger charge is 2.40. The molecule has 0 aromatic heterocycles. The first-order valence-corrected chi connectivity index (χ1v) is 15.7. The van der Waals surface area contributed by atoms with Gasteiger partial charge in [0, 0.05) is 17.4 Å². The van der Waals surface area contributed by atoms with Crippen molar-refractivity contribution in [1.29, 1.82) is 0 Å². The number of anilines is 2. The quantitative estimate of drug-likeness (QED) is 0.330. The maximum atomic E-state index is 14.4. The van der Waals surface area contributed by atoms with Crippen molar-refractivity contribution in [2.24, 2.45) is 10.3 Å². The number of alkyl halides is 3. The fourth-order valence-corrected chi connectivity index (χ4v) is 7.91. The molecule has 2 N–H and O–H groups in total. The first-order valence-electron chi connectivity index (χ1n) is 14.2. The van der Waals surface area contributed by atoms with Crippen molar-refractivity contribution in [3.05, 3.63) is 83.9 Å². The van der Waals surface area contributed by atoms with Gasteiger partial charge in [0.15, 0.2) is 0 Å². The molecule has 1 heterocycles.